The molecule has 0 aromatic carbocycles. The maximum absolute atomic E-state index is 10.8. The molecule has 1 aliphatic heterocycles. The van der Waals surface area contributed by atoms with Crippen LogP contribution in [0.15, 0.2) is 11.6 Å². The van der Waals surface area contributed by atoms with Gasteiger partial charge in [-0.15, -0.1) is 0 Å². The molecule has 3 heteroatoms. The number of fused-ring (bicyclic) bond motifs is 5. The Hall–Kier alpha value is -0.380. The predicted molar refractivity (Wildman–Crippen MR) is 125 cm³/mol. The molecule has 2 unspecified atom stereocenters. The Morgan fingerprint density at radius 2 is 1.84 bits per heavy atom. The lowest BCUT2D eigenvalue weighted by Crippen LogP contribution is -2.52. The first-order chi connectivity index (χ1) is 14.6. The van der Waals surface area contributed by atoms with Crippen molar-refractivity contribution in [3.63, 3.8) is 0 Å². The highest BCUT2D eigenvalue weighted by molar-refractivity contribution is 5.26. The first-order valence-corrected chi connectivity index (χ1v) is 13.3. The molecular weight excluding hydrogens is 384 g/mol. The molecule has 5 rings (SSSR count). The number of ether oxygens (including phenoxy) is 1. The second kappa shape index (κ2) is 7.57. The molecule has 176 valence electrons. The van der Waals surface area contributed by atoms with Crippen LogP contribution in [0.1, 0.15) is 98.3 Å². The molecule has 9 atom stereocenters. The Labute approximate surface area is 190 Å². The minimum atomic E-state index is -0.563. The zero-order valence-electron chi connectivity index (χ0n) is 20.5. The summed E-state index contributed by atoms with van der Waals surface area (Å²) in [4.78, 5) is 0. The number of aliphatic hydroxyl groups is 2. The SMILES string of the molecule is CC(CCC1(O)CCOC1)[C@H]1CC[C@H]2[C@@H]3CC=C4C[C@@](C)(O)CC[C@]4(C)[C@H]3CC[C@]12C. The molecule has 0 bridgehead atoms. The standard InChI is InChI=1S/C28H46O3/c1-19(9-12-28(30)15-16-31-18-28)22-7-8-23-21-6-5-20-17-25(2,29)13-14-26(20,3)24(21)10-11-27(22,23)4/h5,19,21-24,29-30H,6-18H2,1-4H3/t19?,21-,22+,23-,24-,25-,26-,27+,28?/m0/s1. The van der Waals surface area contributed by atoms with E-state index in [9.17, 15) is 10.2 Å². The molecule has 3 nitrogen and oxygen atoms in total. The third-order valence-corrected chi connectivity index (χ3v) is 11.3. The maximum atomic E-state index is 10.8. The number of rotatable bonds is 4. The molecule has 0 aromatic heterocycles. The van der Waals surface area contributed by atoms with E-state index in [1.165, 1.54) is 32.1 Å². The van der Waals surface area contributed by atoms with E-state index in [1.54, 1.807) is 5.57 Å². The number of allylic oxidation sites excluding steroid dienone is 1. The van der Waals surface area contributed by atoms with Crippen molar-refractivity contribution in [3.8, 4) is 0 Å². The second-order valence-corrected chi connectivity index (χ2v) is 13.2. The average Bonchev–Trinajstić information content (AvgIpc) is 3.30. The van der Waals surface area contributed by atoms with Crippen LogP contribution in [-0.2, 0) is 4.74 Å². The van der Waals surface area contributed by atoms with Gasteiger partial charge in [0, 0.05) is 13.0 Å². The quantitative estimate of drug-likeness (QED) is 0.547. The van der Waals surface area contributed by atoms with E-state index in [1.807, 2.05) is 6.92 Å². The van der Waals surface area contributed by atoms with Crippen molar-refractivity contribution in [1.29, 1.82) is 0 Å². The molecule has 0 radical (unpaired) electrons. The van der Waals surface area contributed by atoms with Crippen LogP contribution in [-0.4, -0.2) is 34.6 Å². The molecule has 31 heavy (non-hydrogen) atoms. The summed E-state index contributed by atoms with van der Waals surface area (Å²) in [6.45, 7) is 10.9. The zero-order chi connectivity index (χ0) is 22.1. The summed E-state index contributed by atoms with van der Waals surface area (Å²) in [7, 11) is 0. The summed E-state index contributed by atoms with van der Waals surface area (Å²) in [5.41, 5.74) is 1.30. The Balaban J connectivity index is 1.31. The molecular formula is C28H46O3. The van der Waals surface area contributed by atoms with Gasteiger partial charge in [0.2, 0.25) is 0 Å². The van der Waals surface area contributed by atoms with Gasteiger partial charge in [0.15, 0.2) is 0 Å². The van der Waals surface area contributed by atoms with Crippen LogP contribution in [0.5, 0.6) is 0 Å². The van der Waals surface area contributed by atoms with Crippen molar-refractivity contribution in [1.82, 2.24) is 0 Å². The van der Waals surface area contributed by atoms with Crippen molar-refractivity contribution in [2.75, 3.05) is 13.2 Å². The van der Waals surface area contributed by atoms with Gasteiger partial charge in [-0.2, -0.15) is 0 Å². The third kappa shape index (κ3) is 3.66. The van der Waals surface area contributed by atoms with Crippen LogP contribution in [0.3, 0.4) is 0 Å². The van der Waals surface area contributed by atoms with Crippen LogP contribution in [0.25, 0.3) is 0 Å². The van der Waals surface area contributed by atoms with E-state index >= 15 is 0 Å². The highest BCUT2D eigenvalue weighted by Crippen LogP contribution is 2.67. The van der Waals surface area contributed by atoms with Crippen LogP contribution in [0.4, 0.5) is 0 Å². The summed E-state index contributed by atoms with van der Waals surface area (Å²) in [6, 6.07) is 0. The molecule has 0 spiro atoms. The lowest BCUT2D eigenvalue weighted by Gasteiger charge is -2.59. The summed E-state index contributed by atoms with van der Waals surface area (Å²) >= 11 is 0. The van der Waals surface area contributed by atoms with Gasteiger partial charge >= 0.3 is 0 Å². The summed E-state index contributed by atoms with van der Waals surface area (Å²) in [5, 5.41) is 21.5. The molecule has 1 saturated heterocycles. The molecule has 5 aliphatic rings. The molecule has 1 heterocycles. The summed E-state index contributed by atoms with van der Waals surface area (Å²) in [5.74, 6) is 3.99. The number of hydrogen-bond acceptors (Lipinski definition) is 3. The summed E-state index contributed by atoms with van der Waals surface area (Å²) in [6.07, 6.45) is 15.2. The van der Waals surface area contributed by atoms with Crippen molar-refractivity contribution in [2.45, 2.75) is 110 Å². The molecule has 4 aliphatic carbocycles. The van der Waals surface area contributed by atoms with Gasteiger partial charge in [0.1, 0.15) is 0 Å². The Kier molecular flexibility index (Phi) is 5.47. The van der Waals surface area contributed by atoms with Gasteiger partial charge in [0.05, 0.1) is 17.8 Å². The molecule has 4 fully saturated rings. The lowest BCUT2D eigenvalue weighted by molar-refractivity contribution is -0.0717. The van der Waals surface area contributed by atoms with Crippen molar-refractivity contribution >= 4 is 0 Å². The van der Waals surface area contributed by atoms with Gasteiger partial charge in [-0.3, -0.25) is 0 Å². The second-order valence-electron chi connectivity index (χ2n) is 13.2. The smallest absolute Gasteiger partial charge is 0.0902 e. The Morgan fingerprint density at radius 3 is 2.58 bits per heavy atom. The average molecular weight is 431 g/mol. The van der Waals surface area contributed by atoms with Gasteiger partial charge < -0.3 is 14.9 Å². The van der Waals surface area contributed by atoms with Crippen LogP contribution < -0.4 is 0 Å². The van der Waals surface area contributed by atoms with Crippen molar-refractivity contribution in [3.05, 3.63) is 11.6 Å². The minimum absolute atomic E-state index is 0.321. The summed E-state index contributed by atoms with van der Waals surface area (Å²) < 4.78 is 5.48. The first kappa shape index (κ1) is 22.4. The van der Waals surface area contributed by atoms with E-state index in [2.05, 4.69) is 26.8 Å². The van der Waals surface area contributed by atoms with Crippen LogP contribution in [0, 0.1) is 40.4 Å². The number of hydrogen-bond donors (Lipinski definition) is 2. The lowest BCUT2D eigenvalue weighted by atomic mass is 9.46. The van der Waals surface area contributed by atoms with Gasteiger partial charge in [-0.1, -0.05) is 32.4 Å². The largest absolute Gasteiger partial charge is 0.390 e. The fourth-order valence-corrected chi connectivity index (χ4v) is 9.27. The topological polar surface area (TPSA) is 49.7 Å². The van der Waals surface area contributed by atoms with Crippen molar-refractivity contribution < 1.29 is 14.9 Å². The van der Waals surface area contributed by atoms with E-state index in [0.717, 1.165) is 68.8 Å². The molecule has 2 N–H and O–H groups in total. The van der Waals surface area contributed by atoms with Crippen LogP contribution >= 0.6 is 0 Å². The van der Waals surface area contributed by atoms with Gasteiger partial charge in [-0.05, 0) is 112 Å². The maximum Gasteiger partial charge on any atom is 0.0902 e. The van der Waals surface area contributed by atoms with E-state index < -0.39 is 11.2 Å². The van der Waals surface area contributed by atoms with Gasteiger partial charge in [-0.25, -0.2) is 0 Å². The Morgan fingerprint density at radius 1 is 1.03 bits per heavy atom. The molecule has 0 amide bonds. The molecule has 0 aromatic rings. The normalized spacial score (nSPS) is 52.8. The fraction of sp³-hybridized carbons (Fsp3) is 0.929. The van der Waals surface area contributed by atoms with Crippen LogP contribution in [0.2, 0.25) is 0 Å². The Bertz CT molecular complexity index is 720. The van der Waals surface area contributed by atoms with E-state index in [4.69, 9.17) is 4.74 Å². The highest BCUT2D eigenvalue weighted by atomic mass is 16.5. The first-order valence-electron chi connectivity index (χ1n) is 13.3. The molecule has 3 saturated carbocycles. The monoisotopic (exact) mass is 430 g/mol. The highest BCUT2D eigenvalue weighted by Gasteiger charge is 2.59. The minimum Gasteiger partial charge on any atom is -0.390 e. The van der Waals surface area contributed by atoms with E-state index in [0.29, 0.717) is 23.4 Å². The van der Waals surface area contributed by atoms with Crippen molar-refractivity contribution in [2.24, 2.45) is 40.4 Å². The predicted octanol–water partition coefficient (Wildman–Crippen LogP) is 5.88. The van der Waals surface area contributed by atoms with Gasteiger partial charge in [0.25, 0.3) is 0 Å². The third-order valence-electron chi connectivity index (χ3n) is 11.3. The zero-order valence-corrected chi connectivity index (χ0v) is 20.5. The van der Waals surface area contributed by atoms with E-state index in [-0.39, 0.29) is 0 Å². The fourth-order valence-electron chi connectivity index (χ4n) is 9.27.